The van der Waals surface area contributed by atoms with Crippen molar-refractivity contribution in [2.45, 2.75) is 95.6 Å². The Kier molecular flexibility index (Phi) is 12.9. The first kappa shape index (κ1) is 42.2. The van der Waals surface area contributed by atoms with Crippen LogP contribution in [0.1, 0.15) is 61.8 Å². The van der Waals surface area contributed by atoms with E-state index in [1.165, 1.54) is 6.92 Å². The Morgan fingerprint density at radius 2 is 1.18 bits per heavy atom. The largest absolute Gasteiger partial charge is 0.461 e. The van der Waals surface area contributed by atoms with Crippen molar-refractivity contribution in [3.8, 4) is 5.75 Å². The van der Waals surface area contributed by atoms with Gasteiger partial charge in [-0.1, -0.05) is 102 Å². The minimum Gasteiger partial charge on any atom is -0.461 e. The molecule has 4 heterocycles. The molecule has 61 heavy (non-hydrogen) atoms. The standard InChI is InChI=1S/C46H47NO14/c1-27(48)53-39-38(36-33(56-44(39)54-31-23-15-8-16-24-31)26-52-42(58-36)30-21-13-7-14-22-30)59-43-34(47-61-40(49)28-17-9-5-10-18-28)37(60-45(50)46(2,3)4)35-32(55-43)25-51-41(57-35)29-19-11-6-12-20-29/h5-24,32-33,35-39,41-44H,25-26H2,1-4H3/b47-34-/t32-,33-,35-,36-,37-,38+,39-,41-,42-,43-,44+/m1/s1. The van der Waals surface area contributed by atoms with Crippen LogP contribution >= 0.6 is 0 Å². The zero-order valence-corrected chi connectivity index (χ0v) is 34.0. The van der Waals surface area contributed by atoms with Gasteiger partial charge < -0.3 is 52.2 Å². The zero-order valence-electron chi connectivity index (χ0n) is 34.0. The number of carbonyl (C=O) groups excluding carboxylic acids is 3. The molecule has 4 aliphatic rings. The maximum atomic E-state index is 13.8. The Hall–Kier alpha value is -5.52. The summed E-state index contributed by atoms with van der Waals surface area (Å²) in [5, 5.41) is 4.33. The van der Waals surface area contributed by atoms with Crippen molar-refractivity contribution in [3.05, 3.63) is 138 Å². The van der Waals surface area contributed by atoms with E-state index >= 15 is 0 Å². The molecule has 0 aliphatic carbocycles. The van der Waals surface area contributed by atoms with Gasteiger partial charge in [-0.3, -0.25) is 9.59 Å². The third-order valence-corrected chi connectivity index (χ3v) is 10.3. The highest BCUT2D eigenvalue weighted by Gasteiger charge is 2.58. The first-order chi connectivity index (χ1) is 29.5. The second kappa shape index (κ2) is 18.6. The molecule has 4 aliphatic heterocycles. The second-order valence-corrected chi connectivity index (χ2v) is 15.8. The smallest absolute Gasteiger partial charge is 0.365 e. The number of rotatable bonds is 10. The second-order valence-electron chi connectivity index (χ2n) is 15.8. The van der Waals surface area contributed by atoms with Crippen LogP contribution < -0.4 is 4.74 Å². The summed E-state index contributed by atoms with van der Waals surface area (Å²) in [6, 6.07) is 35.6. The van der Waals surface area contributed by atoms with Crippen LogP contribution in [-0.2, 0) is 57.1 Å². The van der Waals surface area contributed by atoms with E-state index < -0.39 is 91.2 Å². The van der Waals surface area contributed by atoms with Crippen LogP contribution in [0.3, 0.4) is 0 Å². The molecule has 0 amide bonds. The molecule has 0 radical (unpaired) electrons. The number of fused-ring (bicyclic) bond motifs is 2. The van der Waals surface area contributed by atoms with Crippen LogP contribution in [-0.4, -0.2) is 92.1 Å². The fraction of sp³-hybridized carbons (Fsp3) is 0.391. The number of carbonyl (C=O) groups is 3. The number of para-hydroxylation sites is 1. The lowest BCUT2D eigenvalue weighted by molar-refractivity contribution is -0.373. The van der Waals surface area contributed by atoms with Gasteiger partial charge in [0.25, 0.3) is 0 Å². The fourth-order valence-corrected chi connectivity index (χ4v) is 7.25. The Morgan fingerprint density at radius 1 is 0.639 bits per heavy atom. The number of hydrogen-bond acceptors (Lipinski definition) is 15. The average molecular weight is 838 g/mol. The third kappa shape index (κ3) is 9.84. The molecular weight excluding hydrogens is 790 g/mol. The van der Waals surface area contributed by atoms with E-state index in [1.807, 2.05) is 66.7 Å². The van der Waals surface area contributed by atoms with E-state index in [9.17, 15) is 14.4 Å². The van der Waals surface area contributed by atoms with E-state index in [1.54, 1.807) is 75.4 Å². The number of ether oxygens (including phenoxy) is 10. The van der Waals surface area contributed by atoms with Crippen LogP contribution in [0, 0.1) is 5.41 Å². The monoisotopic (exact) mass is 837 g/mol. The van der Waals surface area contributed by atoms with Crippen molar-refractivity contribution >= 4 is 23.6 Å². The Labute approximate surface area is 352 Å². The number of benzene rings is 4. The summed E-state index contributed by atoms with van der Waals surface area (Å²) in [5.74, 6) is -1.65. The molecular formula is C46H47NO14. The molecule has 0 bridgehead atoms. The summed E-state index contributed by atoms with van der Waals surface area (Å²) in [5.41, 5.74) is 0.490. The quantitative estimate of drug-likeness (QED) is 0.100. The van der Waals surface area contributed by atoms with Crippen LogP contribution in [0.25, 0.3) is 0 Å². The van der Waals surface area contributed by atoms with Crippen molar-refractivity contribution in [2.75, 3.05) is 13.2 Å². The van der Waals surface area contributed by atoms with Crippen LogP contribution in [0.4, 0.5) is 0 Å². The summed E-state index contributed by atoms with van der Waals surface area (Å²) >= 11 is 0. The molecule has 8 rings (SSSR count). The maximum Gasteiger partial charge on any atom is 0.365 e. The van der Waals surface area contributed by atoms with Gasteiger partial charge in [0.15, 0.2) is 30.5 Å². The molecule has 0 spiro atoms. The van der Waals surface area contributed by atoms with Gasteiger partial charge in [-0.15, -0.1) is 0 Å². The first-order valence-electron chi connectivity index (χ1n) is 20.1. The summed E-state index contributed by atoms with van der Waals surface area (Å²) in [6.45, 7) is 6.36. The lowest BCUT2D eigenvalue weighted by atomic mass is 9.94. The summed E-state index contributed by atoms with van der Waals surface area (Å²) in [4.78, 5) is 45.8. The molecule has 0 unspecified atom stereocenters. The molecule has 0 N–H and O–H groups in total. The molecule has 0 saturated carbocycles. The summed E-state index contributed by atoms with van der Waals surface area (Å²) in [6.07, 6.45) is -12.2. The SMILES string of the molecule is CC(=O)O[C@H]1[C@@H](Oc2ccccc2)O[C@@H]2CO[C@@H](c3ccccc3)O[C@H]2[C@@H]1O[C@H]1O[C@@H]2CO[C@@H](c3ccccc3)O[C@H]2[C@H](OC(=O)C(C)(C)C)/C1=N/OC(=O)c1ccccc1. The Morgan fingerprint density at radius 3 is 1.75 bits per heavy atom. The predicted octanol–water partition coefficient (Wildman–Crippen LogP) is 6.23. The topological polar surface area (TPSA) is 165 Å². The van der Waals surface area contributed by atoms with Gasteiger partial charge in [-0.05, 0) is 45.0 Å². The Balaban J connectivity index is 1.20. The molecule has 4 aromatic rings. The highest BCUT2D eigenvalue weighted by molar-refractivity contribution is 5.96. The lowest BCUT2D eigenvalue weighted by Crippen LogP contribution is -2.67. The molecule has 0 aromatic heterocycles. The van der Waals surface area contributed by atoms with Crippen LogP contribution in [0.5, 0.6) is 5.75 Å². The molecule has 4 fully saturated rings. The van der Waals surface area contributed by atoms with E-state index in [2.05, 4.69) is 5.16 Å². The fourth-order valence-electron chi connectivity index (χ4n) is 7.25. The molecule has 320 valence electrons. The average Bonchev–Trinajstić information content (AvgIpc) is 3.27. The van der Waals surface area contributed by atoms with Crippen molar-refractivity contribution in [2.24, 2.45) is 10.6 Å². The van der Waals surface area contributed by atoms with Gasteiger partial charge in [0.1, 0.15) is 36.3 Å². The number of esters is 2. The van der Waals surface area contributed by atoms with Gasteiger partial charge in [-0.25, -0.2) is 4.79 Å². The highest BCUT2D eigenvalue weighted by atomic mass is 16.8. The normalized spacial score (nSPS) is 30.6. The molecule has 15 heteroatoms. The van der Waals surface area contributed by atoms with Gasteiger partial charge in [0.2, 0.25) is 12.6 Å². The van der Waals surface area contributed by atoms with Crippen molar-refractivity contribution < 1.29 is 66.6 Å². The van der Waals surface area contributed by atoms with Gasteiger partial charge in [0.05, 0.1) is 24.2 Å². The van der Waals surface area contributed by atoms with E-state index in [0.717, 1.165) is 5.56 Å². The molecule has 4 aromatic carbocycles. The lowest BCUT2D eigenvalue weighted by Gasteiger charge is -2.50. The number of hydrogen-bond donors (Lipinski definition) is 0. The first-order valence-corrected chi connectivity index (χ1v) is 20.1. The molecule has 15 nitrogen and oxygen atoms in total. The summed E-state index contributed by atoms with van der Waals surface area (Å²) in [7, 11) is 0. The van der Waals surface area contributed by atoms with Crippen LogP contribution in [0.15, 0.2) is 126 Å². The number of nitrogens with zero attached hydrogens (tertiary/aromatic N) is 1. The Bertz CT molecular complexity index is 2130. The number of oxime groups is 1. The third-order valence-electron chi connectivity index (χ3n) is 10.3. The molecule has 11 atom stereocenters. The van der Waals surface area contributed by atoms with E-state index in [0.29, 0.717) is 11.3 Å². The summed E-state index contributed by atoms with van der Waals surface area (Å²) < 4.78 is 64.0. The predicted molar refractivity (Wildman–Crippen MR) is 213 cm³/mol. The minimum absolute atomic E-state index is 0.0297. The maximum absolute atomic E-state index is 13.8. The zero-order chi connectivity index (χ0) is 42.5. The highest BCUT2D eigenvalue weighted by Crippen LogP contribution is 2.41. The van der Waals surface area contributed by atoms with E-state index in [4.69, 9.17) is 52.2 Å². The van der Waals surface area contributed by atoms with Crippen LogP contribution in [0.2, 0.25) is 0 Å². The van der Waals surface area contributed by atoms with Gasteiger partial charge in [-0.2, -0.15) is 0 Å². The minimum atomic E-state index is -1.55. The van der Waals surface area contributed by atoms with Gasteiger partial charge in [0, 0.05) is 18.1 Å². The van der Waals surface area contributed by atoms with Crippen molar-refractivity contribution in [1.82, 2.24) is 0 Å². The van der Waals surface area contributed by atoms with Gasteiger partial charge >= 0.3 is 17.9 Å². The van der Waals surface area contributed by atoms with E-state index in [-0.39, 0.29) is 24.5 Å². The van der Waals surface area contributed by atoms with Crippen molar-refractivity contribution in [3.63, 3.8) is 0 Å². The molecule has 4 saturated heterocycles. The van der Waals surface area contributed by atoms with Crippen molar-refractivity contribution in [1.29, 1.82) is 0 Å².